The molecule has 22 heavy (non-hydrogen) atoms. The fourth-order valence-corrected chi connectivity index (χ4v) is 4.94. The highest BCUT2D eigenvalue weighted by Gasteiger charge is 2.61. The Hall–Kier alpha value is -1.54. The minimum Gasteiger partial charge on any atom is -0.441 e. The molecule has 4 bridgehead atoms. The van der Waals surface area contributed by atoms with Gasteiger partial charge in [0.2, 0.25) is 0 Å². The molecular weight excluding hydrogens is 292 g/mol. The first-order chi connectivity index (χ1) is 10.5. The maximum Gasteiger partial charge on any atom is 0.431 e. The van der Waals surface area contributed by atoms with Crippen molar-refractivity contribution in [2.45, 2.75) is 49.7 Å². The van der Waals surface area contributed by atoms with Gasteiger partial charge in [-0.3, -0.25) is 9.68 Å². The molecule has 4 fully saturated rings. The maximum atomic E-state index is 11.8. The van der Waals surface area contributed by atoms with E-state index >= 15 is 0 Å². The zero-order valence-corrected chi connectivity index (χ0v) is 12.8. The van der Waals surface area contributed by atoms with Crippen LogP contribution in [0.3, 0.4) is 0 Å². The van der Waals surface area contributed by atoms with Gasteiger partial charge in [-0.1, -0.05) is 0 Å². The van der Waals surface area contributed by atoms with Crippen LogP contribution in [0.2, 0.25) is 0 Å². The molecule has 4 rings (SSSR count). The van der Waals surface area contributed by atoms with E-state index in [2.05, 4.69) is 20.6 Å². The van der Waals surface area contributed by atoms with Crippen molar-refractivity contribution in [3.8, 4) is 0 Å². The van der Waals surface area contributed by atoms with Gasteiger partial charge in [0.05, 0.1) is 14.2 Å². The molecule has 0 aromatic rings. The Labute approximate surface area is 128 Å². The minimum absolute atomic E-state index is 0.409. The Balaban J connectivity index is 1.75. The molecule has 0 spiro atoms. The number of hydrogen-bond donors (Lipinski definition) is 2. The largest absolute Gasteiger partial charge is 0.441 e. The van der Waals surface area contributed by atoms with Crippen LogP contribution in [0.25, 0.3) is 0 Å². The van der Waals surface area contributed by atoms with Gasteiger partial charge in [0.15, 0.2) is 0 Å². The summed E-state index contributed by atoms with van der Waals surface area (Å²) in [5, 5.41) is 0. The average Bonchev–Trinajstić information content (AvgIpc) is 2.35. The van der Waals surface area contributed by atoms with E-state index in [9.17, 15) is 9.59 Å². The quantitative estimate of drug-likeness (QED) is 0.766. The monoisotopic (exact) mass is 314 g/mol. The summed E-state index contributed by atoms with van der Waals surface area (Å²) in [6.07, 6.45) is 3.71. The van der Waals surface area contributed by atoms with Gasteiger partial charge in [0, 0.05) is 6.42 Å². The molecule has 4 aliphatic rings. The molecule has 0 aromatic carbocycles. The van der Waals surface area contributed by atoms with Gasteiger partial charge in [0.25, 0.3) is 0 Å². The van der Waals surface area contributed by atoms with E-state index in [1.807, 2.05) is 0 Å². The average molecular weight is 314 g/mol. The normalized spacial score (nSPS) is 38.5. The van der Waals surface area contributed by atoms with Crippen LogP contribution in [0.5, 0.6) is 0 Å². The highest BCUT2D eigenvalue weighted by atomic mass is 16.7. The summed E-state index contributed by atoms with van der Waals surface area (Å²) in [6, 6.07) is 0. The summed E-state index contributed by atoms with van der Waals surface area (Å²) in [5.41, 5.74) is 3.25. The van der Waals surface area contributed by atoms with Crippen LogP contribution in [0.1, 0.15) is 38.5 Å². The predicted octanol–water partition coefficient (Wildman–Crippen LogP) is 1.65. The Bertz CT molecular complexity index is 416. The predicted molar refractivity (Wildman–Crippen MR) is 73.4 cm³/mol. The van der Waals surface area contributed by atoms with Gasteiger partial charge in [-0.2, -0.15) is 11.0 Å². The number of hydrogen-bond acceptors (Lipinski definition) is 6. The number of amides is 2. The summed E-state index contributed by atoms with van der Waals surface area (Å²) in [4.78, 5) is 32.7. The summed E-state index contributed by atoms with van der Waals surface area (Å²) >= 11 is 0. The van der Waals surface area contributed by atoms with Crippen molar-refractivity contribution < 1.29 is 28.7 Å². The molecule has 0 heterocycles. The molecule has 8 nitrogen and oxygen atoms in total. The van der Waals surface area contributed by atoms with Crippen molar-refractivity contribution in [3.05, 3.63) is 0 Å². The molecular formula is C14H22N2O6. The zero-order chi connectivity index (χ0) is 15.8. The SMILES string of the molecule is CONC(=O)OC12CC3CC(C1)CC(OC(=O)NOC)(C3)C2. The first-order valence-corrected chi connectivity index (χ1v) is 7.52. The van der Waals surface area contributed by atoms with Crippen LogP contribution >= 0.6 is 0 Å². The lowest BCUT2D eigenvalue weighted by atomic mass is 9.52. The second-order valence-electron chi connectivity index (χ2n) is 6.72. The van der Waals surface area contributed by atoms with E-state index < -0.39 is 23.4 Å². The number of carbonyl (C=O) groups excluding carboxylic acids is 2. The fraction of sp³-hybridized carbons (Fsp3) is 0.857. The Morgan fingerprint density at radius 1 is 0.864 bits per heavy atom. The second kappa shape index (κ2) is 5.58. The zero-order valence-electron chi connectivity index (χ0n) is 12.8. The minimum atomic E-state index is -0.596. The van der Waals surface area contributed by atoms with Crippen LogP contribution in [-0.2, 0) is 19.1 Å². The molecule has 0 aliphatic heterocycles. The summed E-state index contributed by atoms with van der Waals surface area (Å²) < 4.78 is 11.3. The van der Waals surface area contributed by atoms with Crippen molar-refractivity contribution in [2.75, 3.05) is 14.2 Å². The molecule has 4 saturated carbocycles. The molecule has 124 valence electrons. The second-order valence-corrected chi connectivity index (χ2v) is 6.72. The van der Waals surface area contributed by atoms with E-state index in [4.69, 9.17) is 9.47 Å². The molecule has 2 N–H and O–H groups in total. The van der Waals surface area contributed by atoms with Crippen LogP contribution < -0.4 is 11.0 Å². The Morgan fingerprint density at radius 3 is 1.64 bits per heavy atom. The summed E-state index contributed by atoms with van der Waals surface area (Å²) in [5.74, 6) is 0.818. The van der Waals surface area contributed by atoms with Crippen molar-refractivity contribution in [3.63, 3.8) is 0 Å². The molecule has 4 aliphatic carbocycles. The number of hydroxylamine groups is 2. The van der Waals surface area contributed by atoms with Crippen LogP contribution in [0, 0.1) is 11.8 Å². The lowest BCUT2D eigenvalue weighted by Gasteiger charge is -2.59. The Morgan fingerprint density at radius 2 is 1.27 bits per heavy atom. The standard InChI is InChI=1S/C14H22N2O6/c1-19-15-11(17)21-13-4-9-3-10(5-13)7-14(6-9,8-13)22-12(18)16-20-2/h9-10H,3-8H2,1-2H3,(H,15,17)(H,16,18). The third kappa shape index (κ3) is 2.85. The molecule has 0 unspecified atom stereocenters. The highest BCUT2D eigenvalue weighted by Crippen LogP contribution is 2.60. The summed E-state index contributed by atoms with van der Waals surface area (Å²) in [6.45, 7) is 0. The maximum absolute atomic E-state index is 11.8. The fourth-order valence-electron chi connectivity index (χ4n) is 4.94. The van der Waals surface area contributed by atoms with Crippen LogP contribution in [-0.4, -0.2) is 37.6 Å². The number of nitrogens with one attached hydrogen (secondary N) is 2. The van der Waals surface area contributed by atoms with Gasteiger partial charge < -0.3 is 9.47 Å². The molecule has 0 saturated heterocycles. The summed E-state index contributed by atoms with van der Waals surface area (Å²) in [7, 11) is 2.72. The van der Waals surface area contributed by atoms with Gasteiger partial charge in [-0.25, -0.2) is 9.59 Å². The molecule has 0 atom stereocenters. The Kier molecular flexibility index (Phi) is 3.90. The number of ether oxygens (including phenoxy) is 2. The van der Waals surface area contributed by atoms with E-state index in [1.54, 1.807) is 0 Å². The van der Waals surface area contributed by atoms with Crippen molar-refractivity contribution in [1.82, 2.24) is 11.0 Å². The van der Waals surface area contributed by atoms with Gasteiger partial charge in [-0.15, -0.1) is 0 Å². The third-order valence-electron chi connectivity index (χ3n) is 4.94. The molecule has 0 aromatic heterocycles. The van der Waals surface area contributed by atoms with Crippen LogP contribution in [0.15, 0.2) is 0 Å². The van der Waals surface area contributed by atoms with Crippen molar-refractivity contribution >= 4 is 12.2 Å². The van der Waals surface area contributed by atoms with Gasteiger partial charge >= 0.3 is 12.2 Å². The molecule has 8 heteroatoms. The smallest absolute Gasteiger partial charge is 0.431 e. The van der Waals surface area contributed by atoms with Crippen LogP contribution in [0.4, 0.5) is 9.59 Å². The molecule has 2 amide bonds. The van der Waals surface area contributed by atoms with E-state index in [0.717, 1.165) is 32.1 Å². The lowest BCUT2D eigenvalue weighted by Crippen LogP contribution is -2.62. The molecule has 0 radical (unpaired) electrons. The third-order valence-corrected chi connectivity index (χ3v) is 4.94. The van der Waals surface area contributed by atoms with Crippen molar-refractivity contribution in [2.24, 2.45) is 11.8 Å². The topological polar surface area (TPSA) is 95.1 Å². The van der Waals surface area contributed by atoms with Gasteiger partial charge in [0.1, 0.15) is 11.2 Å². The van der Waals surface area contributed by atoms with E-state index in [-0.39, 0.29) is 0 Å². The first kappa shape index (κ1) is 15.4. The first-order valence-electron chi connectivity index (χ1n) is 7.52. The highest BCUT2D eigenvalue weighted by molar-refractivity contribution is 5.67. The van der Waals surface area contributed by atoms with Gasteiger partial charge in [-0.05, 0) is 43.9 Å². The van der Waals surface area contributed by atoms with E-state index in [0.29, 0.717) is 18.3 Å². The lowest BCUT2D eigenvalue weighted by molar-refractivity contribution is -0.202. The number of rotatable bonds is 4. The number of carbonyl (C=O) groups is 2. The van der Waals surface area contributed by atoms with Crippen molar-refractivity contribution in [1.29, 1.82) is 0 Å². The van der Waals surface area contributed by atoms with E-state index in [1.165, 1.54) is 14.2 Å².